The molecule has 0 amide bonds. The summed E-state index contributed by atoms with van der Waals surface area (Å²) in [5.41, 5.74) is 2.35. The molecule has 90 valence electrons. The van der Waals surface area contributed by atoms with Crippen LogP contribution in [0.5, 0.6) is 0 Å². The summed E-state index contributed by atoms with van der Waals surface area (Å²) in [5.74, 6) is -0.191. The topological polar surface area (TPSA) is 17.0 Å². The van der Waals surface area contributed by atoms with Crippen LogP contribution >= 0.6 is 0 Å². The van der Waals surface area contributed by atoms with Crippen molar-refractivity contribution in [3.63, 3.8) is 0 Å². The predicted octanol–water partition coefficient (Wildman–Crippen LogP) is 3.02. The molecular formula is C14H17FN2. The van der Waals surface area contributed by atoms with Crippen molar-refractivity contribution < 1.29 is 4.39 Å². The number of hydrogen-bond acceptors (Lipinski definition) is 1. The fourth-order valence-electron chi connectivity index (χ4n) is 1.81. The first-order valence-electron chi connectivity index (χ1n) is 5.75. The van der Waals surface area contributed by atoms with Crippen molar-refractivity contribution in [3.8, 4) is 0 Å². The van der Waals surface area contributed by atoms with E-state index in [-0.39, 0.29) is 11.9 Å². The van der Waals surface area contributed by atoms with Gasteiger partial charge < -0.3 is 9.88 Å². The van der Waals surface area contributed by atoms with E-state index in [1.807, 2.05) is 29.9 Å². The number of halogens is 1. The maximum Gasteiger partial charge on any atom is 0.123 e. The number of aromatic nitrogens is 1. The SMILES string of the molecule is C[C@H](NCc1ccn(C)c1)c1ccc(F)cc1. The Morgan fingerprint density at radius 2 is 1.94 bits per heavy atom. The Kier molecular flexibility index (Phi) is 3.59. The number of nitrogens with one attached hydrogen (secondary N) is 1. The van der Waals surface area contributed by atoms with Gasteiger partial charge in [0.05, 0.1) is 0 Å². The molecule has 0 saturated heterocycles. The molecule has 0 aliphatic heterocycles. The van der Waals surface area contributed by atoms with Gasteiger partial charge in [0.15, 0.2) is 0 Å². The fraction of sp³-hybridized carbons (Fsp3) is 0.286. The maximum atomic E-state index is 12.8. The van der Waals surface area contributed by atoms with Gasteiger partial charge >= 0.3 is 0 Å². The van der Waals surface area contributed by atoms with Gasteiger partial charge in [0.2, 0.25) is 0 Å². The molecule has 1 aromatic heterocycles. The average Bonchev–Trinajstić information content (AvgIpc) is 2.73. The summed E-state index contributed by atoms with van der Waals surface area (Å²) >= 11 is 0. The Balaban J connectivity index is 1.93. The molecule has 0 bridgehead atoms. The van der Waals surface area contributed by atoms with Gasteiger partial charge in [0.25, 0.3) is 0 Å². The van der Waals surface area contributed by atoms with E-state index in [9.17, 15) is 4.39 Å². The monoisotopic (exact) mass is 232 g/mol. The number of hydrogen-bond donors (Lipinski definition) is 1. The third kappa shape index (κ3) is 3.17. The van der Waals surface area contributed by atoms with E-state index in [0.717, 1.165) is 12.1 Å². The highest BCUT2D eigenvalue weighted by Crippen LogP contribution is 2.13. The van der Waals surface area contributed by atoms with E-state index in [1.54, 1.807) is 0 Å². The molecule has 1 heterocycles. The van der Waals surface area contributed by atoms with Crippen molar-refractivity contribution in [3.05, 3.63) is 59.7 Å². The summed E-state index contributed by atoms with van der Waals surface area (Å²) in [7, 11) is 2.01. The Hall–Kier alpha value is -1.61. The van der Waals surface area contributed by atoms with Crippen LogP contribution in [0.3, 0.4) is 0 Å². The standard InChI is InChI=1S/C14H17FN2/c1-11(13-3-5-14(15)6-4-13)16-9-12-7-8-17(2)10-12/h3-8,10-11,16H,9H2,1-2H3/t11-/m0/s1. The average molecular weight is 232 g/mol. The van der Waals surface area contributed by atoms with Crippen LogP contribution in [0.4, 0.5) is 4.39 Å². The molecule has 2 aromatic rings. The molecule has 1 atom stereocenters. The molecule has 0 unspecified atom stereocenters. The predicted molar refractivity (Wildman–Crippen MR) is 67.1 cm³/mol. The van der Waals surface area contributed by atoms with Crippen LogP contribution in [0.25, 0.3) is 0 Å². The lowest BCUT2D eigenvalue weighted by Crippen LogP contribution is -2.17. The second-order valence-corrected chi connectivity index (χ2v) is 4.34. The van der Waals surface area contributed by atoms with Gasteiger partial charge in [-0.25, -0.2) is 4.39 Å². The summed E-state index contributed by atoms with van der Waals surface area (Å²) in [6.45, 7) is 2.90. The highest BCUT2D eigenvalue weighted by atomic mass is 19.1. The highest BCUT2D eigenvalue weighted by Gasteiger charge is 2.05. The highest BCUT2D eigenvalue weighted by molar-refractivity contribution is 5.19. The third-order valence-corrected chi connectivity index (χ3v) is 2.88. The first kappa shape index (κ1) is 11.9. The summed E-state index contributed by atoms with van der Waals surface area (Å²) in [6, 6.07) is 8.93. The Labute approximate surface area is 101 Å². The Morgan fingerprint density at radius 3 is 2.53 bits per heavy atom. The van der Waals surface area contributed by atoms with E-state index in [0.29, 0.717) is 0 Å². The first-order valence-corrected chi connectivity index (χ1v) is 5.75. The quantitative estimate of drug-likeness (QED) is 0.857. The molecule has 0 aliphatic carbocycles. The maximum absolute atomic E-state index is 12.8. The van der Waals surface area contributed by atoms with Crippen LogP contribution < -0.4 is 5.32 Å². The largest absolute Gasteiger partial charge is 0.357 e. The van der Waals surface area contributed by atoms with E-state index in [4.69, 9.17) is 0 Å². The van der Waals surface area contributed by atoms with Crippen molar-refractivity contribution in [1.82, 2.24) is 9.88 Å². The molecule has 0 aliphatic rings. The summed E-state index contributed by atoms with van der Waals surface area (Å²) in [6.07, 6.45) is 4.12. The first-order chi connectivity index (χ1) is 8.15. The Bertz CT molecular complexity index is 473. The summed E-state index contributed by atoms with van der Waals surface area (Å²) in [4.78, 5) is 0. The molecule has 0 fully saturated rings. The van der Waals surface area contributed by atoms with Crippen LogP contribution in [0.15, 0.2) is 42.7 Å². The van der Waals surface area contributed by atoms with Crippen molar-refractivity contribution >= 4 is 0 Å². The van der Waals surface area contributed by atoms with Gasteiger partial charge in [0, 0.05) is 32.0 Å². The van der Waals surface area contributed by atoms with Crippen LogP contribution in [0.2, 0.25) is 0 Å². The molecule has 3 heteroatoms. The molecule has 17 heavy (non-hydrogen) atoms. The van der Waals surface area contributed by atoms with Gasteiger partial charge in [0.1, 0.15) is 5.82 Å². The summed E-state index contributed by atoms with van der Waals surface area (Å²) < 4.78 is 14.8. The number of nitrogens with zero attached hydrogens (tertiary/aromatic N) is 1. The van der Waals surface area contributed by atoms with E-state index in [2.05, 4.69) is 24.5 Å². The van der Waals surface area contributed by atoms with Crippen molar-refractivity contribution in [1.29, 1.82) is 0 Å². The lowest BCUT2D eigenvalue weighted by atomic mass is 10.1. The zero-order valence-electron chi connectivity index (χ0n) is 10.2. The van der Waals surface area contributed by atoms with E-state index >= 15 is 0 Å². The number of aryl methyl sites for hydroxylation is 1. The van der Waals surface area contributed by atoms with Crippen molar-refractivity contribution in [2.24, 2.45) is 7.05 Å². The van der Waals surface area contributed by atoms with Gasteiger partial charge in [-0.05, 0) is 36.2 Å². The third-order valence-electron chi connectivity index (χ3n) is 2.88. The van der Waals surface area contributed by atoms with Gasteiger partial charge in [-0.1, -0.05) is 12.1 Å². The van der Waals surface area contributed by atoms with Gasteiger partial charge in [-0.3, -0.25) is 0 Å². The minimum absolute atomic E-state index is 0.191. The zero-order chi connectivity index (χ0) is 12.3. The molecule has 1 aromatic carbocycles. The molecule has 0 saturated carbocycles. The van der Waals surface area contributed by atoms with Crippen molar-refractivity contribution in [2.45, 2.75) is 19.5 Å². The second kappa shape index (κ2) is 5.15. The lowest BCUT2D eigenvalue weighted by Gasteiger charge is -2.13. The molecule has 2 nitrogen and oxygen atoms in total. The molecule has 1 N–H and O–H groups in total. The zero-order valence-corrected chi connectivity index (χ0v) is 10.2. The molecule has 0 spiro atoms. The van der Waals surface area contributed by atoms with Gasteiger partial charge in [-0.2, -0.15) is 0 Å². The van der Waals surface area contributed by atoms with Crippen LogP contribution in [0.1, 0.15) is 24.1 Å². The Morgan fingerprint density at radius 1 is 1.24 bits per heavy atom. The van der Waals surface area contributed by atoms with Gasteiger partial charge in [-0.15, -0.1) is 0 Å². The number of benzene rings is 1. The summed E-state index contributed by atoms with van der Waals surface area (Å²) in [5, 5.41) is 3.41. The minimum Gasteiger partial charge on any atom is -0.357 e. The van der Waals surface area contributed by atoms with Crippen LogP contribution in [-0.4, -0.2) is 4.57 Å². The van der Waals surface area contributed by atoms with Crippen LogP contribution in [-0.2, 0) is 13.6 Å². The smallest absolute Gasteiger partial charge is 0.123 e. The van der Waals surface area contributed by atoms with E-state index < -0.39 is 0 Å². The van der Waals surface area contributed by atoms with E-state index in [1.165, 1.54) is 17.7 Å². The molecular weight excluding hydrogens is 215 g/mol. The minimum atomic E-state index is -0.191. The number of rotatable bonds is 4. The van der Waals surface area contributed by atoms with Crippen LogP contribution in [0, 0.1) is 5.82 Å². The van der Waals surface area contributed by atoms with Crippen molar-refractivity contribution in [2.75, 3.05) is 0 Å². The lowest BCUT2D eigenvalue weighted by molar-refractivity contribution is 0.571. The second-order valence-electron chi connectivity index (χ2n) is 4.34. The molecule has 2 rings (SSSR count). The molecule has 0 radical (unpaired) electrons. The fourth-order valence-corrected chi connectivity index (χ4v) is 1.81. The normalized spacial score (nSPS) is 12.6.